The zero-order chi connectivity index (χ0) is 24.4. The highest BCUT2D eigenvalue weighted by atomic mass is 79.9. The second-order valence-corrected chi connectivity index (χ2v) is 28.5. The molecule has 2 atom stereocenters. The summed E-state index contributed by atoms with van der Waals surface area (Å²) < 4.78 is 20.7. The van der Waals surface area contributed by atoms with Crippen LogP contribution in [0.3, 0.4) is 0 Å². The van der Waals surface area contributed by atoms with Crippen molar-refractivity contribution in [2.75, 3.05) is 11.9 Å². The zero-order valence-electron chi connectivity index (χ0n) is 22.9. The molecule has 0 unspecified atom stereocenters. The molecule has 182 valence electrons. The van der Waals surface area contributed by atoms with Gasteiger partial charge in [-0.2, -0.15) is 0 Å². The van der Waals surface area contributed by atoms with E-state index in [1.807, 2.05) is 0 Å². The van der Waals surface area contributed by atoms with Gasteiger partial charge in [0, 0.05) is 5.33 Å². The maximum atomic E-state index is 7.00. The molecule has 0 heterocycles. The molecule has 0 saturated carbocycles. The lowest BCUT2D eigenvalue weighted by Gasteiger charge is -2.46. The lowest BCUT2D eigenvalue weighted by atomic mass is 10.2. The van der Waals surface area contributed by atoms with Crippen molar-refractivity contribution in [2.45, 2.75) is 135 Å². The molecule has 0 aliphatic carbocycles. The van der Waals surface area contributed by atoms with Gasteiger partial charge in [-0.1, -0.05) is 78.2 Å². The van der Waals surface area contributed by atoms with Crippen molar-refractivity contribution >= 4 is 40.9 Å². The molecule has 0 rings (SSSR count). The van der Waals surface area contributed by atoms with Crippen LogP contribution in [0.15, 0.2) is 0 Å². The van der Waals surface area contributed by atoms with Crippen LogP contribution < -0.4 is 0 Å². The lowest BCUT2D eigenvalue weighted by molar-refractivity contribution is 0.00302. The average Bonchev–Trinajstić information content (AvgIpc) is 2.47. The van der Waals surface area contributed by atoms with Crippen molar-refractivity contribution in [3.63, 3.8) is 0 Å². The fourth-order valence-corrected chi connectivity index (χ4v) is 6.44. The fourth-order valence-electron chi connectivity index (χ4n) is 2.26. The molecule has 7 heteroatoms. The highest BCUT2D eigenvalue weighted by molar-refractivity contribution is 9.09. The monoisotopic (exact) mass is 540 g/mol. The highest BCUT2D eigenvalue weighted by Crippen LogP contribution is 2.42. The quantitative estimate of drug-likeness (QED) is 0.205. The Morgan fingerprint density at radius 2 is 0.933 bits per heavy atom. The van der Waals surface area contributed by atoms with Crippen LogP contribution in [0, 0.1) is 0 Å². The minimum Gasteiger partial charge on any atom is -0.414 e. The van der Waals surface area contributed by atoms with Crippen molar-refractivity contribution in [1.29, 1.82) is 0 Å². The third-order valence-electron chi connectivity index (χ3n) is 7.73. The Labute approximate surface area is 200 Å². The second-order valence-electron chi connectivity index (χ2n) is 13.4. The van der Waals surface area contributed by atoms with Crippen LogP contribution in [0.4, 0.5) is 0 Å². The molecular formula is C23H53BrO3Si3. The SMILES string of the molecule is CC(C)(C)[Si](C)(C)OC[C@@H](O[Si](C)(C)C(C)(C)C)[C@H](CCBr)O[Si](C)(C)C(C)(C)C. The molecule has 0 aromatic rings. The predicted octanol–water partition coefficient (Wildman–Crippen LogP) is 8.57. The molecule has 0 N–H and O–H groups in total. The Hall–Kier alpha value is 1.01. The van der Waals surface area contributed by atoms with Gasteiger partial charge in [-0.05, 0) is 60.8 Å². The molecule has 30 heavy (non-hydrogen) atoms. The summed E-state index contributed by atoms with van der Waals surface area (Å²) in [5.41, 5.74) is 0. The van der Waals surface area contributed by atoms with Gasteiger partial charge in [0.2, 0.25) is 0 Å². The van der Waals surface area contributed by atoms with E-state index in [1.54, 1.807) is 0 Å². The summed E-state index contributed by atoms with van der Waals surface area (Å²) >= 11 is 3.68. The Bertz CT molecular complexity index is 529. The number of halogens is 1. The molecule has 0 fully saturated rings. The van der Waals surface area contributed by atoms with Crippen molar-refractivity contribution < 1.29 is 13.3 Å². The molecule has 0 aliphatic rings. The fraction of sp³-hybridized carbons (Fsp3) is 1.00. The van der Waals surface area contributed by atoms with E-state index in [0.717, 1.165) is 11.8 Å². The van der Waals surface area contributed by atoms with Crippen molar-refractivity contribution in [3.05, 3.63) is 0 Å². The Kier molecular flexibility index (Phi) is 10.9. The smallest absolute Gasteiger partial charge is 0.192 e. The van der Waals surface area contributed by atoms with Gasteiger partial charge in [0.25, 0.3) is 0 Å². The summed E-state index contributed by atoms with van der Waals surface area (Å²) in [6.07, 6.45) is 0.947. The molecule has 0 spiro atoms. The van der Waals surface area contributed by atoms with Gasteiger partial charge in [0.15, 0.2) is 25.0 Å². The standard InChI is InChI=1S/C23H53BrO3Si3/c1-21(2,3)28(10,11)25-18-20(27-30(14,15)23(7,8)9)19(16-17-24)26-29(12,13)22(4,5)6/h19-20H,16-18H2,1-15H3/t19-,20+/m0/s1. The first-order chi connectivity index (χ1) is 13.0. The first-order valence-electron chi connectivity index (χ1n) is 11.5. The van der Waals surface area contributed by atoms with Crippen LogP contribution in [-0.2, 0) is 13.3 Å². The van der Waals surface area contributed by atoms with Crippen LogP contribution in [0.2, 0.25) is 54.4 Å². The first-order valence-corrected chi connectivity index (χ1v) is 21.4. The molecule has 0 aromatic carbocycles. The van der Waals surface area contributed by atoms with Gasteiger partial charge in [-0.15, -0.1) is 0 Å². The summed E-state index contributed by atoms with van der Waals surface area (Å²) in [6, 6.07) is 0. The molecule has 0 aromatic heterocycles. The molecule has 3 nitrogen and oxygen atoms in total. The zero-order valence-corrected chi connectivity index (χ0v) is 27.5. The summed E-state index contributed by atoms with van der Waals surface area (Å²) in [7, 11) is -5.77. The lowest BCUT2D eigenvalue weighted by Crippen LogP contribution is -2.54. The van der Waals surface area contributed by atoms with E-state index >= 15 is 0 Å². The summed E-state index contributed by atoms with van der Waals surface area (Å²) in [5.74, 6) is 0. The molecule has 0 radical (unpaired) electrons. The second kappa shape index (κ2) is 10.5. The van der Waals surface area contributed by atoms with E-state index in [9.17, 15) is 0 Å². The minimum atomic E-state index is -1.97. The first kappa shape index (κ1) is 31.0. The number of hydrogen-bond acceptors (Lipinski definition) is 3. The number of rotatable bonds is 10. The minimum absolute atomic E-state index is 0.0355. The van der Waals surface area contributed by atoms with Crippen LogP contribution >= 0.6 is 15.9 Å². The van der Waals surface area contributed by atoms with Gasteiger partial charge in [0.05, 0.1) is 18.8 Å². The summed E-state index contributed by atoms with van der Waals surface area (Å²) in [6.45, 7) is 35.3. The summed E-state index contributed by atoms with van der Waals surface area (Å²) in [4.78, 5) is 0. The van der Waals surface area contributed by atoms with E-state index in [1.165, 1.54) is 0 Å². The molecule has 0 aliphatic heterocycles. The largest absolute Gasteiger partial charge is 0.414 e. The van der Waals surface area contributed by atoms with Gasteiger partial charge in [-0.25, -0.2) is 0 Å². The number of alkyl halides is 1. The molecule has 0 amide bonds. The van der Waals surface area contributed by atoms with E-state index < -0.39 is 25.0 Å². The molecule has 0 bridgehead atoms. The van der Waals surface area contributed by atoms with Crippen LogP contribution in [0.5, 0.6) is 0 Å². The van der Waals surface area contributed by atoms with Crippen LogP contribution in [-0.4, -0.2) is 49.1 Å². The highest BCUT2D eigenvalue weighted by Gasteiger charge is 2.46. The Balaban J connectivity index is 5.96. The normalized spacial score (nSPS) is 17.2. The third kappa shape index (κ3) is 8.75. The van der Waals surface area contributed by atoms with Gasteiger partial charge >= 0.3 is 0 Å². The third-order valence-corrected chi connectivity index (χ3v) is 21.7. The molecular weight excluding hydrogens is 488 g/mol. The Morgan fingerprint density at radius 3 is 1.23 bits per heavy atom. The van der Waals surface area contributed by atoms with Crippen LogP contribution in [0.1, 0.15) is 68.7 Å². The Morgan fingerprint density at radius 1 is 0.600 bits per heavy atom. The van der Waals surface area contributed by atoms with Gasteiger partial charge in [0.1, 0.15) is 0 Å². The predicted molar refractivity (Wildman–Crippen MR) is 146 cm³/mol. The van der Waals surface area contributed by atoms with E-state index in [-0.39, 0.29) is 27.3 Å². The maximum Gasteiger partial charge on any atom is 0.192 e. The summed E-state index contributed by atoms with van der Waals surface area (Å²) in [5, 5.41) is 1.40. The van der Waals surface area contributed by atoms with E-state index in [4.69, 9.17) is 13.3 Å². The topological polar surface area (TPSA) is 27.7 Å². The maximum absolute atomic E-state index is 7.00. The molecule has 0 saturated heterocycles. The van der Waals surface area contributed by atoms with E-state index in [0.29, 0.717) is 6.61 Å². The van der Waals surface area contributed by atoms with Gasteiger partial charge in [-0.3, -0.25) is 0 Å². The van der Waals surface area contributed by atoms with E-state index in [2.05, 4.69) is 118 Å². The van der Waals surface area contributed by atoms with Crippen molar-refractivity contribution in [1.82, 2.24) is 0 Å². The van der Waals surface area contributed by atoms with Gasteiger partial charge < -0.3 is 13.3 Å². The van der Waals surface area contributed by atoms with Crippen LogP contribution in [0.25, 0.3) is 0 Å². The van der Waals surface area contributed by atoms with Crippen molar-refractivity contribution in [3.8, 4) is 0 Å². The van der Waals surface area contributed by atoms with Crippen molar-refractivity contribution in [2.24, 2.45) is 0 Å². The number of hydrogen-bond donors (Lipinski definition) is 0. The average molecular weight is 542 g/mol.